The van der Waals surface area contributed by atoms with Crippen molar-refractivity contribution in [3.63, 3.8) is 0 Å². The number of ether oxygens (including phenoxy) is 3. The van der Waals surface area contributed by atoms with E-state index in [0.29, 0.717) is 19.8 Å². The number of carbonyl (C=O) groups excluding carboxylic acids is 1. The van der Waals surface area contributed by atoms with Crippen LogP contribution in [0.1, 0.15) is 31.7 Å². The molecule has 164 valence electrons. The second-order valence-electron chi connectivity index (χ2n) is 6.74. The molecule has 0 radical (unpaired) electrons. The van der Waals surface area contributed by atoms with Crippen LogP contribution in [0.4, 0.5) is 0 Å². The number of hydrogen-bond donors (Lipinski definition) is 1. The number of nitrogens with one attached hydrogen (secondary N) is 1. The molecule has 0 saturated carbocycles. The molecule has 8 heteroatoms. The largest absolute Gasteiger partial charge is 0.497 e. The molecule has 2 rings (SSSR count). The third-order valence-electron chi connectivity index (χ3n) is 4.80. The van der Waals surface area contributed by atoms with Gasteiger partial charge in [-0.1, -0.05) is 12.1 Å². The van der Waals surface area contributed by atoms with Crippen molar-refractivity contribution in [3.05, 3.63) is 29.8 Å². The van der Waals surface area contributed by atoms with Gasteiger partial charge >= 0.3 is 5.97 Å². The summed E-state index contributed by atoms with van der Waals surface area (Å²) in [6, 6.07) is 7.91. The minimum Gasteiger partial charge on any atom is -0.497 e. The van der Waals surface area contributed by atoms with E-state index in [2.05, 4.69) is 15.2 Å². The molecule has 0 amide bonds. The minimum atomic E-state index is -0.0703. The summed E-state index contributed by atoms with van der Waals surface area (Å²) in [4.78, 5) is 18.4. The van der Waals surface area contributed by atoms with Gasteiger partial charge in [-0.2, -0.15) is 0 Å². The molecule has 1 N–H and O–H groups in total. The van der Waals surface area contributed by atoms with Crippen LogP contribution in [0.2, 0.25) is 0 Å². The van der Waals surface area contributed by atoms with Gasteiger partial charge in [0.15, 0.2) is 5.96 Å². The maximum Gasteiger partial charge on any atom is 0.309 e. The number of nitrogens with zero attached hydrogens (tertiary/aromatic N) is 2. The van der Waals surface area contributed by atoms with Crippen molar-refractivity contribution in [2.75, 3.05) is 47.0 Å². The third-order valence-corrected chi connectivity index (χ3v) is 4.80. The molecule has 0 unspecified atom stereocenters. The van der Waals surface area contributed by atoms with E-state index < -0.39 is 0 Å². The first-order valence-electron chi connectivity index (χ1n) is 10.0. The van der Waals surface area contributed by atoms with Crippen LogP contribution in [0.15, 0.2) is 29.3 Å². The van der Waals surface area contributed by atoms with Crippen molar-refractivity contribution in [1.29, 1.82) is 0 Å². The van der Waals surface area contributed by atoms with Gasteiger partial charge in [-0.25, -0.2) is 0 Å². The van der Waals surface area contributed by atoms with Crippen molar-refractivity contribution in [2.24, 2.45) is 10.9 Å². The fourth-order valence-corrected chi connectivity index (χ4v) is 3.21. The van der Waals surface area contributed by atoms with E-state index in [1.54, 1.807) is 14.2 Å². The molecule has 0 atom stereocenters. The van der Waals surface area contributed by atoms with E-state index in [1.165, 1.54) is 0 Å². The van der Waals surface area contributed by atoms with Crippen molar-refractivity contribution in [3.8, 4) is 5.75 Å². The summed E-state index contributed by atoms with van der Waals surface area (Å²) < 4.78 is 16.0. The predicted octanol–water partition coefficient (Wildman–Crippen LogP) is 3.07. The highest BCUT2D eigenvalue weighted by Crippen LogP contribution is 2.18. The Hall–Kier alpha value is -1.55. The van der Waals surface area contributed by atoms with E-state index >= 15 is 0 Å². The molecule has 0 aromatic heterocycles. The van der Waals surface area contributed by atoms with Gasteiger partial charge in [0.2, 0.25) is 0 Å². The molecule has 1 aliphatic heterocycles. The average Bonchev–Trinajstić information content (AvgIpc) is 2.74. The smallest absolute Gasteiger partial charge is 0.309 e. The zero-order chi connectivity index (χ0) is 20.2. The quantitative estimate of drug-likeness (QED) is 0.178. The summed E-state index contributed by atoms with van der Waals surface area (Å²) in [6.07, 6.45) is 2.52. The topological polar surface area (TPSA) is 72.4 Å². The van der Waals surface area contributed by atoms with Gasteiger partial charge in [-0.05, 0) is 43.9 Å². The van der Waals surface area contributed by atoms with E-state index in [-0.39, 0.29) is 35.9 Å². The number of halogens is 1. The van der Waals surface area contributed by atoms with Crippen molar-refractivity contribution >= 4 is 35.9 Å². The molecular formula is C21H34IN3O4. The maximum absolute atomic E-state index is 11.8. The number of methoxy groups -OCH3 is 1. The second kappa shape index (κ2) is 14.4. The second-order valence-corrected chi connectivity index (χ2v) is 6.74. The van der Waals surface area contributed by atoms with Crippen molar-refractivity contribution in [1.82, 2.24) is 10.2 Å². The summed E-state index contributed by atoms with van der Waals surface area (Å²) >= 11 is 0. The molecule has 1 heterocycles. The lowest BCUT2D eigenvalue weighted by atomic mass is 9.97. The molecule has 1 fully saturated rings. The highest BCUT2D eigenvalue weighted by atomic mass is 127. The van der Waals surface area contributed by atoms with Crippen LogP contribution in [-0.4, -0.2) is 63.8 Å². The van der Waals surface area contributed by atoms with Crippen LogP contribution in [0.3, 0.4) is 0 Å². The van der Waals surface area contributed by atoms with Gasteiger partial charge in [0.05, 0.1) is 26.2 Å². The van der Waals surface area contributed by atoms with E-state index in [4.69, 9.17) is 14.2 Å². The number of piperidine rings is 1. The molecule has 0 bridgehead atoms. The van der Waals surface area contributed by atoms with Crippen LogP contribution in [0, 0.1) is 5.92 Å². The summed E-state index contributed by atoms with van der Waals surface area (Å²) in [6.45, 7) is 6.00. The van der Waals surface area contributed by atoms with Gasteiger partial charge in [-0.3, -0.25) is 9.79 Å². The zero-order valence-corrected chi connectivity index (χ0v) is 20.0. The van der Waals surface area contributed by atoms with Crippen LogP contribution < -0.4 is 10.1 Å². The lowest BCUT2D eigenvalue weighted by Crippen LogP contribution is -2.47. The fraction of sp³-hybridized carbons (Fsp3) is 0.619. The van der Waals surface area contributed by atoms with Crippen molar-refractivity contribution < 1.29 is 19.0 Å². The molecule has 29 heavy (non-hydrogen) atoms. The first kappa shape index (κ1) is 25.5. The van der Waals surface area contributed by atoms with Crippen molar-refractivity contribution in [2.45, 2.75) is 32.8 Å². The van der Waals surface area contributed by atoms with E-state index in [0.717, 1.165) is 56.2 Å². The molecule has 1 saturated heterocycles. The number of esters is 1. The Labute approximate surface area is 191 Å². The molecule has 1 aliphatic rings. The summed E-state index contributed by atoms with van der Waals surface area (Å²) in [5.41, 5.74) is 1.13. The minimum absolute atomic E-state index is 0. The monoisotopic (exact) mass is 519 g/mol. The number of likely N-dealkylation sites (tertiary alicyclic amines) is 1. The first-order valence-corrected chi connectivity index (χ1v) is 10.0. The molecule has 1 aromatic carbocycles. The van der Waals surface area contributed by atoms with E-state index in [1.807, 2.05) is 31.2 Å². The zero-order valence-electron chi connectivity index (χ0n) is 17.7. The maximum atomic E-state index is 11.8. The Morgan fingerprint density at radius 3 is 2.52 bits per heavy atom. The highest BCUT2D eigenvalue weighted by Gasteiger charge is 2.27. The van der Waals surface area contributed by atoms with Crippen LogP contribution in [0.5, 0.6) is 5.75 Å². The lowest BCUT2D eigenvalue weighted by molar-refractivity contribution is -0.149. The average molecular weight is 519 g/mol. The van der Waals surface area contributed by atoms with Gasteiger partial charge in [0.25, 0.3) is 0 Å². The van der Waals surface area contributed by atoms with E-state index in [9.17, 15) is 4.79 Å². The van der Waals surface area contributed by atoms with Crippen LogP contribution in [0.25, 0.3) is 0 Å². The Kier molecular flexibility index (Phi) is 12.7. The first-order chi connectivity index (χ1) is 13.7. The summed E-state index contributed by atoms with van der Waals surface area (Å²) in [5, 5.41) is 3.39. The number of aliphatic imine (C=N–C) groups is 1. The third kappa shape index (κ3) is 8.77. The lowest BCUT2D eigenvalue weighted by Gasteiger charge is -2.33. The number of benzene rings is 1. The summed E-state index contributed by atoms with van der Waals surface area (Å²) in [7, 11) is 3.45. The fourth-order valence-electron chi connectivity index (χ4n) is 3.21. The Balaban J connectivity index is 0.00000420. The normalized spacial score (nSPS) is 14.9. The van der Waals surface area contributed by atoms with Gasteiger partial charge < -0.3 is 24.4 Å². The summed E-state index contributed by atoms with van der Waals surface area (Å²) in [5.74, 6) is 1.68. The molecular weight excluding hydrogens is 485 g/mol. The number of guanidine groups is 1. The molecule has 1 aromatic rings. The number of carbonyl (C=O) groups is 1. The van der Waals surface area contributed by atoms with Gasteiger partial charge in [-0.15, -0.1) is 24.0 Å². The molecule has 0 spiro atoms. The van der Waals surface area contributed by atoms with Gasteiger partial charge in [0.1, 0.15) is 5.75 Å². The van der Waals surface area contributed by atoms with Crippen LogP contribution in [-0.2, 0) is 20.9 Å². The Morgan fingerprint density at radius 2 is 1.93 bits per heavy atom. The predicted molar refractivity (Wildman–Crippen MR) is 125 cm³/mol. The Bertz CT molecular complexity index is 617. The van der Waals surface area contributed by atoms with Crippen LogP contribution >= 0.6 is 24.0 Å². The molecule has 0 aliphatic carbocycles. The number of rotatable bonds is 9. The number of hydrogen-bond acceptors (Lipinski definition) is 5. The standard InChI is InChI=1S/C21H33N3O4.HI/c1-4-28-20(25)18-10-13-24(14-11-18)21(22-2)23-12-5-15-27-16-17-6-8-19(26-3)9-7-17;/h6-9,18H,4-5,10-16H2,1-3H3,(H,22,23);1H. The SMILES string of the molecule is CCOC(=O)C1CCN(C(=NC)NCCCOCc2ccc(OC)cc2)CC1.I. The Morgan fingerprint density at radius 1 is 1.24 bits per heavy atom. The molecule has 7 nitrogen and oxygen atoms in total. The van der Waals surface area contributed by atoms with Gasteiger partial charge in [0, 0.05) is 33.3 Å². The highest BCUT2D eigenvalue weighted by molar-refractivity contribution is 14.0.